The van der Waals surface area contributed by atoms with Crippen molar-refractivity contribution in [2.45, 2.75) is 13.5 Å². The van der Waals surface area contributed by atoms with Crippen molar-refractivity contribution in [3.8, 4) is 10.6 Å². The van der Waals surface area contributed by atoms with Gasteiger partial charge in [0, 0.05) is 5.39 Å². The first-order valence-corrected chi connectivity index (χ1v) is 12.1. The van der Waals surface area contributed by atoms with Gasteiger partial charge in [0.1, 0.15) is 0 Å². The van der Waals surface area contributed by atoms with E-state index < -0.39 is 11.8 Å². The molecule has 2 N–H and O–H groups in total. The van der Waals surface area contributed by atoms with E-state index in [-0.39, 0.29) is 17.8 Å². The van der Waals surface area contributed by atoms with Crippen molar-refractivity contribution in [1.29, 1.82) is 0 Å². The zero-order valence-corrected chi connectivity index (χ0v) is 20.1. The number of thiophene rings is 1. The van der Waals surface area contributed by atoms with Gasteiger partial charge in [0.05, 0.1) is 33.8 Å². The molecular weight excluding hydrogens is 474 g/mol. The van der Waals surface area contributed by atoms with Gasteiger partial charge in [-0.3, -0.25) is 30.2 Å². The molecule has 0 saturated carbocycles. The third-order valence-electron chi connectivity index (χ3n) is 5.65. The molecule has 5 aromatic rings. The molecule has 36 heavy (non-hydrogen) atoms. The van der Waals surface area contributed by atoms with Crippen molar-refractivity contribution >= 4 is 33.9 Å². The van der Waals surface area contributed by atoms with E-state index in [1.165, 1.54) is 4.68 Å². The maximum Gasteiger partial charge on any atom is 0.290 e. The molecule has 0 saturated heterocycles. The Morgan fingerprint density at radius 2 is 1.58 bits per heavy atom. The van der Waals surface area contributed by atoms with Crippen LogP contribution in [-0.2, 0) is 6.54 Å². The number of nitrogens with zero attached hydrogens (tertiary/aromatic N) is 3. The quantitative estimate of drug-likeness (QED) is 0.359. The number of carbonyl (C=O) groups is 2. The van der Waals surface area contributed by atoms with Crippen molar-refractivity contribution in [2.24, 2.45) is 0 Å². The molecule has 0 fully saturated rings. The minimum absolute atomic E-state index is 0.0318. The van der Waals surface area contributed by atoms with Crippen molar-refractivity contribution in [3.63, 3.8) is 0 Å². The van der Waals surface area contributed by atoms with Gasteiger partial charge in [-0.15, -0.1) is 11.3 Å². The predicted octanol–water partition coefficient (Wildman–Crippen LogP) is 3.95. The number of pyridine rings is 1. The number of benzene rings is 2. The number of aromatic nitrogens is 3. The second kappa shape index (κ2) is 9.93. The molecule has 0 unspecified atom stereocenters. The van der Waals surface area contributed by atoms with E-state index in [1.807, 2.05) is 47.8 Å². The molecule has 0 bridgehead atoms. The van der Waals surface area contributed by atoms with Gasteiger partial charge in [-0.2, -0.15) is 5.10 Å². The molecule has 0 aliphatic heterocycles. The third kappa shape index (κ3) is 4.64. The van der Waals surface area contributed by atoms with Crippen molar-refractivity contribution in [1.82, 2.24) is 25.6 Å². The van der Waals surface area contributed by atoms with Crippen LogP contribution in [0.25, 0.3) is 21.3 Å². The van der Waals surface area contributed by atoms with E-state index in [4.69, 9.17) is 0 Å². The molecule has 0 aliphatic rings. The van der Waals surface area contributed by atoms with Crippen LogP contribution in [0.4, 0.5) is 0 Å². The lowest BCUT2D eigenvalue weighted by atomic mass is 10.1. The molecule has 2 amide bonds. The van der Waals surface area contributed by atoms with Crippen LogP contribution in [0.5, 0.6) is 0 Å². The lowest BCUT2D eigenvalue weighted by molar-refractivity contribution is 0.0843. The summed E-state index contributed by atoms with van der Waals surface area (Å²) in [6, 6.07) is 23.5. The Morgan fingerprint density at radius 1 is 0.861 bits per heavy atom. The van der Waals surface area contributed by atoms with Crippen LogP contribution in [0.15, 0.2) is 89.0 Å². The molecule has 0 aliphatic carbocycles. The maximum atomic E-state index is 13.1. The molecule has 0 radical (unpaired) electrons. The van der Waals surface area contributed by atoms with Crippen molar-refractivity contribution in [2.75, 3.05) is 0 Å². The molecule has 9 heteroatoms. The van der Waals surface area contributed by atoms with Crippen LogP contribution < -0.4 is 16.4 Å². The lowest BCUT2D eigenvalue weighted by Gasteiger charge is -2.13. The predicted molar refractivity (Wildman–Crippen MR) is 139 cm³/mol. The normalized spacial score (nSPS) is 10.8. The Morgan fingerprint density at radius 3 is 2.31 bits per heavy atom. The molecule has 2 aromatic carbocycles. The standard InChI is InChI=1S/C27H21N5O3S/c1-17-19(13-14-22(28-17)23-12-7-15-36-23)25(33)29-30-26(34)24-20-10-5-6-11-21(20)27(35)32(31-24)16-18-8-3-2-4-9-18/h2-15H,16H2,1H3,(H,29,33)(H,30,34). The van der Waals surface area contributed by atoms with Gasteiger partial charge in [0.2, 0.25) is 0 Å². The molecular formula is C27H21N5O3S. The summed E-state index contributed by atoms with van der Waals surface area (Å²) in [6.07, 6.45) is 0. The first-order valence-electron chi connectivity index (χ1n) is 11.2. The second-order valence-electron chi connectivity index (χ2n) is 8.06. The first kappa shape index (κ1) is 23.1. The number of fused-ring (bicyclic) bond motifs is 1. The summed E-state index contributed by atoms with van der Waals surface area (Å²) < 4.78 is 1.26. The molecule has 178 valence electrons. The number of hydrogen-bond acceptors (Lipinski definition) is 6. The fraction of sp³-hybridized carbons (Fsp3) is 0.0741. The van der Waals surface area contributed by atoms with E-state index in [2.05, 4.69) is 20.9 Å². The smallest absolute Gasteiger partial charge is 0.267 e. The average Bonchev–Trinajstić information content (AvgIpc) is 3.44. The van der Waals surface area contributed by atoms with E-state index in [9.17, 15) is 14.4 Å². The van der Waals surface area contributed by atoms with E-state index in [0.29, 0.717) is 22.0 Å². The molecule has 0 atom stereocenters. The Hall–Kier alpha value is -4.63. The van der Waals surface area contributed by atoms with Gasteiger partial charge in [0.25, 0.3) is 17.4 Å². The summed E-state index contributed by atoms with van der Waals surface area (Å²) in [6.45, 7) is 1.95. The largest absolute Gasteiger partial charge is 0.290 e. The van der Waals surface area contributed by atoms with Crippen molar-refractivity contribution < 1.29 is 9.59 Å². The number of nitrogens with one attached hydrogen (secondary N) is 2. The lowest BCUT2D eigenvalue weighted by Crippen LogP contribution is -2.43. The highest BCUT2D eigenvalue weighted by Gasteiger charge is 2.19. The Kier molecular flexibility index (Phi) is 6.38. The van der Waals surface area contributed by atoms with Crippen LogP contribution >= 0.6 is 11.3 Å². The van der Waals surface area contributed by atoms with Gasteiger partial charge >= 0.3 is 0 Å². The van der Waals surface area contributed by atoms with Gasteiger partial charge < -0.3 is 0 Å². The molecule has 8 nitrogen and oxygen atoms in total. The highest BCUT2D eigenvalue weighted by atomic mass is 32.1. The van der Waals surface area contributed by atoms with Crippen LogP contribution in [-0.4, -0.2) is 26.6 Å². The zero-order valence-electron chi connectivity index (χ0n) is 19.3. The highest BCUT2D eigenvalue weighted by molar-refractivity contribution is 7.13. The summed E-state index contributed by atoms with van der Waals surface area (Å²) >= 11 is 1.56. The topological polar surface area (TPSA) is 106 Å². The number of hydrogen-bond donors (Lipinski definition) is 2. The monoisotopic (exact) mass is 495 g/mol. The zero-order chi connectivity index (χ0) is 25.1. The van der Waals surface area contributed by atoms with Crippen LogP contribution in [0.3, 0.4) is 0 Å². The second-order valence-corrected chi connectivity index (χ2v) is 9.01. The third-order valence-corrected chi connectivity index (χ3v) is 6.54. The van der Waals surface area contributed by atoms with Gasteiger partial charge in [0.15, 0.2) is 5.69 Å². The molecule has 5 rings (SSSR count). The Bertz CT molecular complexity index is 1630. The summed E-state index contributed by atoms with van der Waals surface area (Å²) in [5.41, 5.74) is 7.11. The number of aryl methyl sites for hydroxylation is 1. The van der Waals surface area contributed by atoms with E-state index in [0.717, 1.165) is 16.1 Å². The van der Waals surface area contributed by atoms with E-state index >= 15 is 0 Å². The van der Waals surface area contributed by atoms with Crippen LogP contribution in [0.2, 0.25) is 0 Å². The molecule has 3 aromatic heterocycles. The number of amides is 2. The van der Waals surface area contributed by atoms with Crippen LogP contribution in [0.1, 0.15) is 32.1 Å². The average molecular weight is 496 g/mol. The van der Waals surface area contributed by atoms with Gasteiger partial charge in [-0.1, -0.05) is 54.6 Å². The molecule has 0 spiro atoms. The fourth-order valence-corrected chi connectivity index (χ4v) is 4.56. The summed E-state index contributed by atoms with van der Waals surface area (Å²) in [4.78, 5) is 44.4. The SMILES string of the molecule is Cc1nc(-c2cccs2)ccc1C(=O)NNC(=O)c1nn(Cc2ccccc2)c(=O)c2ccccc12. The van der Waals surface area contributed by atoms with Gasteiger partial charge in [-0.25, -0.2) is 4.68 Å². The van der Waals surface area contributed by atoms with E-state index in [1.54, 1.807) is 54.7 Å². The number of hydrazine groups is 1. The summed E-state index contributed by atoms with van der Waals surface area (Å²) in [5, 5.41) is 7.06. The van der Waals surface area contributed by atoms with Gasteiger partial charge in [-0.05, 0) is 42.1 Å². The highest BCUT2D eigenvalue weighted by Crippen LogP contribution is 2.23. The van der Waals surface area contributed by atoms with Crippen LogP contribution in [0, 0.1) is 6.92 Å². The summed E-state index contributed by atoms with van der Waals surface area (Å²) in [5.74, 6) is -1.14. The number of carbonyl (C=O) groups excluding carboxylic acids is 2. The first-order chi connectivity index (χ1) is 17.5. The number of rotatable bonds is 5. The maximum absolute atomic E-state index is 13.1. The van der Waals surface area contributed by atoms with Crippen molar-refractivity contribution in [3.05, 3.63) is 117 Å². The minimum atomic E-state index is -0.637. The summed E-state index contributed by atoms with van der Waals surface area (Å²) in [7, 11) is 0. The fourth-order valence-electron chi connectivity index (χ4n) is 3.87. The Balaban J connectivity index is 1.39. The Labute approximate surface area is 210 Å². The minimum Gasteiger partial charge on any atom is -0.267 e. The molecule has 3 heterocycles.